The number of aryl methyl sites for hydroxylation is 1. The molecule has 2 N–H and O–H groups in total. The number of halogens is 3. The first-order valence-electron chi connectivity index (χ1n) is 7.74. The summed E-state index contributed by atoms with van der Waals surface area (Å²) in [5, 5.41) is 3.31. The number of nitrogen functional groups attached to an aromatic ring is 1. The minimum absolute atomic E-state index is 0.0782. The zero-order chi connectivity index (χ0) is 19.8. The molecule has 0 radical (unpaired) electrons. The Morgan fingerprint density at radius 2 is 1.93 bits per heavy atom. The normalized spacial score (nSPS) is 11.6. The van der Waals surface area contributed by atoms with Crippen LogP contribution >= 0.6 is 0 Å². The molecule has 2 aromatic heterocycles. The Balaban J connectivity index is 1.97. The lowest BCUT2D eigenvalue weighted by molar-refractivity contribution is -0.136. The van der Waals surface area contributed by atoms with E-state index in [4.69, 9.17) is 15.2 Å². The molecular weight excluding hydrogens is 365 g/mol. The van der Waals surface area contributed by atoms with Crippen LogP contribution in [0.3, 0.4) is 0 Å². The minimum atomic E-state index is -4.66. The van der Waals surface area contributed by atoms with Crippen molar-refractivity contribution in [3.05, 3.63) is 41.6 Å². The van der Waals surface area contributed by atoms with Crippen LogP contribution in [0.25, 0.3) is 11.0 Å². The molecule has 0 saturated carbocycles. The van der Waals surface area contributed by atoms with Gasteiger partial charge in [0.15, 0.2) is 29.6 Å². The van der Waals surface area contributed by atoms with E-state index in [1.807, 2.05) is 0 Å². The SMILES string of the molecule is COc1ccccc1OCC(=O)n1nc(N)c2c(C(F)(F)F)cc(C)nc21. The van der Waals surface area contributed by atoms with Gasteiger partial charge in [0.1, 0.15) is 0 Å². The lowest BCUT2D eigenvalue weighted by atomic mass is 10.1. The highest BCUT2D eigenvalue weighted by Crippen LogP contribution is 2.37. The molecule has 7 nitrogen and oxygen atoms in total. The highest BCUT2D eigenvalue weighted by molar-refractivity contribution is 5.97. The minimum Gasteiger partial charge on any atom is -0.493 e. The van der Waals surface area contributed by atoms with Crippen LogP contribution in [0.4, 0.5) is 19.0 Å². The molecule has 0 unspecified atom stereocenters. The Morgan fingerprint density at radius 1 is 1.26 bits per heavy atom. The number of anilines is 1. The molecule has 0 fully saturated rings. The van der Waals surface area contributed by atoms with Gasteiger partial charge in [0.05, 0.1) is 18.1 Å². The number of nitrogens with two attached hydrogens (primary N) is 1. The van der Waals surface area contributed by atoms with Gasteiger partial charge in [-0.25, -0.2) is 4.98 Å². The van der Waals surface area contributed by atoms with Gasteiger partial charge < -0.3 is 15.2 Å². The van der Waals surface area contributed by atoms with Gasteiger partial charge in [0, 0.05) is 5.69 Å². The van der Waals surface area contributed by atoms with Crippen LogP contribution in [0, 0.1) is 6.92 Å². The number of pyridine rings is 1. The molecule has 0 amide bonds. The average molecular weight is 380 g/mol. The van der Waals surface area contributed by atoms with Crippen molar-refractivity contribution in [1.29, 1.82) is 0 Å². The number of ether oxygens (including phenoxy) is 2. The first-order valence-corrected chi connectivity index (χ1v) is 7.74. The van der Waals surface area contributed by atoms with E-state index in [2.05, 4.69) is 10.1 Å². The van der Waals surface area contributed by atoms with E-state index in [0.717, 1.165) is 10.7 Å². The molecule has 0 aliphatic carbocycles. The van der Waals surface area contributed by atoms with E-state index < -0.39 is 35.5 Å². The summed E-state index contributed by atoms with van der Waals surface area (Å²) in [6, 6.07) is 7.50. The monoisotopic (exact) mass is 380 g/mol. The van der Waals surface area contributed by atoms with Crippen LogP contribution in [-0.4, -0.2) is 34.4 Å². The molecule has 0 aliphatic heterocycles. The Kier molecular flexibility index (Phi) is 4.64. The molecule has 3 aromatic rings. The summed E-state index contributed by atoms with van der Waals surface area (Å²) in [4.78, 5) is 16.5. The third kappa shape index (κ3) is 3.50. The van der Waals surface area contributed by atoms with E-state index in [1.54, 1.807) is 24.3 Å². The number of alkyl halides is 3. The van der Waals surface area contributed by atoms with E-state index in [9.17, 15) is 18.0 Å². The second-order valence-electron chi connectivity index (χ2n) is 5.64. The Labute approximate surface area is 151 Å². The number of fused-ring (bicyclic) bond motifs is 1. The zero-order valence-corrected chi connectivity index (χ0v) is 14.4. The third-order valence-corrected chi connectivity index (χ3v) is 3.75. The molecule has 3 rings (SSSR count). The maximum Gasteiger partial charge on any atom is 0.417 e. The van der Waals surface area contributed by atoms with Crippen molar-refractivity contribution in [2.45, 2.75) is 13.1 Å². The van der Waals surface area contributed by atoms with Gasteiger partial charge in [-0.3, -0.25) is 4.79 Å². The van der Waals surface area contributed by atoms with Crippen LogP contribution in [0.5, 0.6) is 11.5 Å². The number of rotatable bonds is 4. The van der Waals surface area contributed by atoms with Crippen LogP contribution in [0.15, 0.2) is 30.3 Å². The topological polar surface area (TPSA) is 92.3 Å². The summed E-state index contributed by atoms with van der Waals surface area (Å²) >= 11 is 0. The molecule has 142 valence electrons. The lowest BCUT2D eigenvalue weighted by Gasteiger charge is -2.10. The van der Waals surface area contributed by atoms with E-state index in [0.29, 0.717) is 11.5 Å². The van der Waals surface area contributed by atoms with Crippen LogP contribution < -0.4 is 15.2 Å². The quantitative estimate of drug-likeness (QED) is 0.748. The van der Waals surface area contributed by atoms with Crippen molar-refractivity contribution in [3.63, 3.8) is 0 Å². The molecule has 2 heterocycles. The largest absolute Gasteiger partial charge is 0.493 e. The molecule has 0 saturated heterocycles. The lowest BCUT2D eigenvalue weighted by Crippen LogP contribution is -2.21. The first kappa shape index (κ1) is 18.5. The van der Waals surface area contributed by atoms with E-state index in [1.165, 1.54) is 14.0 Å². The number of benzene rings is 1. The van der Waals surface area contributed by atoms with Gasteiger partial charge in [0.25, 0.3) is 5.91 Å². The number of hydrogen-bond donors (Lipinski definition) is 1. The highest BCUT2D eigenvalue weighted by atomic mass is 19.4. The fraction of sp³-hybridized carbons (Fsp3) is 0.235. The highest BCUT2D eigenvalue weighted by Gasteiger charge is 2.36. The molecule has 0 bridgehead atoms. The number of para-hydroxylation sites is 2. The van der Waals surface area contributed by atoms with E-state index >= 15 is 0 Å². The van der Waals surface area contributed by atoms with Crippen LogP contribution in [-0.2, 0) is 6.18 Å². The van der Waals surface area contributed by atoms with Gasteiger partial charge in [-0.15, -0.1) is 5.10 Å². The molecule has 1 aromatic carbocycles. The Bertz CT molecular complexity index is 1010. The maximum absolute atomic E-state index is 13.3. The second kappa shape index (κ2) is 6.78. The molecule has 0 aliphatic rings. The van der Waals surface area contributed by atoms with Crippen molar-refractivity contribution in [2.75, 3.05) is 19.5 Å². The summed E-state index contributed by atoms with van der Waals surface area (Å²) in [6.07, 6.45) is -4.66. The van der Waals surface area contributed by atoms with Crippen molar-refractivity contribution in [2.24, 2.45) is 0 Å². The number of aromatic nitrogens is 3. The van der Waals surface area contributed by atoms with Gasteiger partial charge >= 0.3 is 6.18 Å². The number of methoxy groups -OCH3 is 1. The molecule has 0 atom stereocenters. The smallest absolute Gasteiger partial charge is 0.417 e. The summed E-state index contributed by atoms with van der Waals surface area (Å²) in [5.74, 6) is -0.453. The van der Waals surface area contributed by atoms with Gasteiger partial charge in [-0.05, 0) is 25.1 Å². The summed E-state index contributed by atoms with van der Waals surface area (Å²) < 4.78 is 51.1. The molecule has 27 heavy (non-hydrogen) atoms. The molecule has 10 heteroatoms. The zero-order valence-electron chi connectivity index (χ0n) is 14.4. The van der Waals surface area contributed by atoms with Gasteiger partial charge in [-0.1, -0.05) is 12.1 Å². The predicted octanol–water partition coefficient (Wildman–Crippen LogP) is 3.07. The van der Waals surface area contributed by atoms with Crippen LogP contribution in [0.2, 0.25) is 0 Å². The van der Waals surface area contributed by atoms with E-state index in [-0.39, 0.29) is 11.3 Å². The summed E-state index contributed by atoms with van der Waals surface area (Å²) in [7, 11) is 1.44. The fourth-order valence-electron chi connectivity index (χ4n) is 2.60. The summed E-state index contributed by atoms with van der Waals surface area (Å²) in [6.45, 7) is 0.894. The predicted molar refractivity (Wildman–Crippen MR) is 90.8 cm³/mol. The Hall–Kier alpha value is -3.30. The number of hydrogen-bond acceptors (Lipinski definition) is 6. The van der Waals surface area contributed by atoms with Gasteiger partial charge in [-0.2, -0.15) is 17.9 Å². The molecule has 0 spiro atoms. The van der Waals surface area contributed by atoms with Crippen LogP contribution in [0.1, 0.15) is 16.1 Å². The Morgan fingerprint density at radius 3 is 2.56 bits per heavy atom. The van der Waals surface area contributed by atoms with Crippen molar-refractivity contribution < 1.29 is 27.4 Å². The fourth-order valence-corrected chi connectivity index (χ4v) is 2.60. The molecular formula is C17H15F3N4O3. The second-order valence-corrected chi connectivity index (χ2v) is 5.64. The third-order valence-electron chi connectivity index (χ3n) is 3.75. The standard InChI is InChI=1S/C17H15F3N4O3/c1-9-7-10(17(18,19)20)14-15(21)23-24(16(14)22-9)13(25)8-27-12-6-4-3-5-11(12)26-2/h3-7H,8H2,1-2H3,(H2,21,23). The number of carbonyl (C=O) groups is 1. The average Bonchev–Trinajstić information content (AvgIpc) is 2.95. The first-order chi connectivity index (χ1) is 12.7. The van der Waals surface area contributed by atoms with Crippen molar-refractivity contribution in [1.82, 2.24) is 14.8 Å². The summed E-state index contributed by atoms with van der Waals surface area (Å²) in [5.41, 5.74) is 4.45. The number of nitrogens with zero attached hydrogens (tertiary/aromatic N) is 3. The van der Waals surface area contributed by atoms with Crippen molar-refractivity contribution >= 4 is 22.8 Å². The maximum atomic E-state index is 13.3. The number of carbonyl (C=O) groups excluding carboxylic acids is 1. The van der Waals surface area contributed by atoms with Crippen molar-refractivity contribution in [3.8, 4) is 11.5 Å². The van der Waals surface area contributed by atoms with Gasteiger partial charge in [0.2, 0.25) is 0 Å².